The number of nitrogens with zero attached hydrogens (tertiary/aromatic N) is 1. The maximum Gasteiger partial charge on any atom is 0.244 e. The number of nitrogens with one attached hydrogen (secondary N) is 1. The van der Waals surface area contributed by atoms with Crippen molar-refractivity contribution in [3.05, 3.63) is 0 Å². The molecule has 1 atom stereocenters. The van der Waals surface area contributed by atoms with Gasteiger partial charge < -0.3 is 4.90 Å². The molecule has 1 amide bonds. The lowest BCUT2D eigenvalue weighted by atomic mass is 9.97. The minimum atomic E-state index is -0.176. The molecule has 3 fully saturated rings. The lowest BCUT2D eigenvalue weighted by Crippen LogP contribution is -2.46. The summed E-state index contributed by atoms with van der Waals surface area (Å²) in [5.74, 6) is 1.87. The molecule has 3 nitrogen and oxygen atoms in total. The summed E-state index contributed by atoms with van der Waals surface area (Å²) in [6.07, 6.45) is 12.6. The predicted octanol–water partition coefficient (Wildman–Crippen LogP) is 3.68. The van der Waals surface area contributed by atoms with E-state index < -0.39 is 0 Å². The van der Waals surface area contributed by atoms with Crippen LogP contribution in [0.5, 0.6) is 0 Å². The standard InChI is InChI=1S/C18H32N2O/c1-14(2)8-7-13-20-16(15-9-3-4-10-15)19-18(17(20)21)11-5-6-12-18/h14-16,19H,3-13H2,1-2H3. The van der Waals surface area contributed by atoms with Gasteiger partial charge >= 0.3 is 0 Å². The monoisotopic (exact) mass is 292 g/mol. The van der Waals surface area contributed by atoms with Gasteiger partial charge in [0, 0.05) is 6.54 Å². The van der Waals surface area contributed by atoms with E-state index in [1.54, 1.807) is 0 Å². The third-order valence-corrected chi connectivity index (χ3v) is 5.91. The Balaban J connectivity index is 1.70. The van der Waals surface area contributed by atoms with Crippen molar-refractivity contribution in [2.75, 3.05) is 6.54 Å². The predicted molar refractivity (Wildman–Crippen MR) is 85.9 cm³/mol. The summed E-state index contributed by atoms with van der Waals surface area (Å²) in [5.41, 5.74) is -0.176. The van der Waals surface area contributed by atoms with Gasteiger partial charge in [0.25, 0.3) is 0 Å². The Hall–Kier alpha value is -0.570. The largest absolute Gasteiger partial charge is 0.325 e. The third kappa shape index (κ3) is 2.99. The van der Waals surface area contributed by atoms with Crippen LogP contribution < -0.4 is 5.32 Å². The molecule has 0 bridgehead atoms. The van der Waals surface area contributed by atoms with Crippen LogP contribution in [-0.4, -0.2) is 29.1 Å². The molecule has 120 valence electrons. The Morgan fingerprint density at radius 2 is 1.86 bits per heavy atom. The van der Waals surface area contributed by atoms with E-state index in [1.165, 1.54) is 44.9 Å². The van der Waals surface area contributed by atoms with Gasteiger partial charge in [-0.05, 0) is 50.4 Å². The van der Waals surface area contributed by atoms with E-state index in [0.29, 0.717) is 18.0 Å². The Morgan fingerprint density at radius 3 is 2.48 bits per heavy atom. The van der Waals surface area contributed by atoms with Crippen LogP contribution >= 0.6 is 0 Å². The molecule has 2 saturated carbocycles. The zero-order valence-electron chi connectivity index (χ0n) is 13.9. The van der Waals surface area contributed by atoms with Crippen LogP contribution in [0.1, 0.15) is 78.1 Å². The van der Waals surface area contributed by atoms with Crippen LogP contribution in [0, 0.1) is 11.8 Å². The molecular formula is C18H32N2O. The highest BCUT2D eigenvalue weighted by atomic mass is 16.2. The average Bonchev–Trinajstić information content (AvgIpc) is 3.15. The highest BCUT2D eigenvalue weighted by Crippen LogP contribution is 2.41. The highest BCUT2D eigenvalue weighted by molar-refractivity contribution is 5.89. The van der Waals surface area contributed by atoms with E-state index in [2.05, 4.69) is 24.1 Å². The van der Waals surface area contributed by atoms with Gasteiger partial charge in [-0.2, -0.15) is 0 Å². The second-order valence-electron chi connectivity index (χ2n) is 7.96. The molecule has 1 N–H and O–H groups in total. The quantitative estimate of drug-likeness (QED) is 0.838. The molecule has 1 unspecified atom stereocenters. The second-order valence-corrected chi connectivity index (χ2v) is 7.96. The normalized spacial score (nSPS) is 29.4. The number of rotatable bonds is 5. The minimum Gasteiger partial charge on any atom is -0.325 e. The van der Waals surface area contributed by atoms with Gasteiger partial charge in [0.1, 0.15) is 0 Å². The molecule has 3 aliphatic rings. The first-order valence-electron chi connectivity index (χ1n) is 9.21. The van der Waals surface area contributed by atoms with E-state index in [9.17, 15) is 4.79 Å². The summed E-state index contributed by atoms with van der Waals surface area (Å²) < 4.78 is 0. The fourth-order valence-electron chi connectivity index (χ4n) is 4.72. The minimum absolute atomic E-state index is 0.176. The first-order valence-corrected chi connectivity index (χ1v) is 9.21. The summed E-state index contributed by atoms with van der Waals surface area (Å²) in [4.78, 5) is 15.3. The molecule has 0 aromatic heterocycles. The van der Waals surface area contributed by atoms with Crippen LogP contribution in [-0.2, 0) is 4.79 Å². The van der Waals surface area contributed by atoms with E-state index in [-0.39, 0.29) is 5.54 Å². The first kappa shape index (κ1) is 15.3. The molecular weight excluding hydrogens is 260 g/mol. The molecule has 0 aromatic carbocycles. The SMILES string of the molecule is CC(C)CCCN1C(=O)C2(CCCC2)NC1C1CCCC1. The van der Waals surface area contributed by atoms with E-state index in [4.69, 9.17) is 0 Å². The number of carbonyl (C=O) groups excluding carboxylic acids is 1. The van der Waals surface area contributed by atoms with Gasteiger partial charge in [-0.25, -0.2) is 0 Å². The van der Waals surface area contributed by atoms with Crippen LogP contribution in [0.15, 0.2) is 0 Å². The molecule has 2 aliphatic carbocycles. The van der Waals surface area contributed by atoms with Crippen molar-refractivity contribution < 1.29 is 4.79 Å². The molecule has 21 heavy (non-hydrogen) atoms. The van der Waals surface area contributed by atoms with Crippen molar-refractivity contribution in [1.29, 1.82) is 0 Å². The first-order chi connectivity index (χ1) is 10.1. The molecule has 1 saturated heterocycles. The Morgan fingerprint density at radius 1 is 1.19 bits per heavy atom. The van der Waals surface area contributed by atoms with Gasteiger partial charge in [-0.15, -0.1) is 0 Å². The van der Waals surface area contributed by atoms with Crippen LogP contribution in [0.4, 0.5) is 0 Å². The summed E-state index contributed by atoms with van der Waals surface area (Å²) in [6, 6.07) is 0. The third-order valence-electron chi connectivity index (χ3n) is 5.91. The average molecular weight is 292 g/mol. The van der Waals surface area contributed by atoms with Crippen molar-refractivity contribution in [3.8, 4) is 0 Å². The Labute approximate surface area is 129 Å². The summed E-state index contributed by atoms with van der Waals surface area (Å²) in [7, 11) is 0. The summed E-state index contributed by atoms with van der Waals surface area (Å²) >= 11 is 0. The maximum atomic E-state index is 13.0. The van der Waals surface area contributed by atoms with Gasteiger partial charge in [-0.1, -0.05) is 39.5 Å². The number of amides is 1. The zero-order valence-corrected chi connectivity index (χ0v) is 13.9. The van der Waals surface area contributed by atoms with Crippen molar-refractivity contribution in [3.63, 3.8) is 0 Å². The maximum absolute atomic E-state index is 13.0. The molecule has 1 spiro atoms. The Kier molecular flexibility index (Phi) is 4.58. The zero-order chi connectivity index (χ0) is 14.9. The topological polar surface area (TPSA) is 32.3 Å². The highest BCUT2D eigenvalue weighted by Gasteiger charge is 2.53. The van der Waals surface area contributed by atoms with Crippen LogP contribution in [0.25, 0.3) is 0 Å². The van der Waals surface area contributed by atoms with Crippen molar-refractivity contribution >= 4 is 5.91 Å². The fraction of sp³-hybridized carbons (Fsp3) is 0.944. The van der Waals surface area contributed by atoms with Crippen molar-refractivity contribution in [2.45, 2.75) is 89.8 Å². The van der Waals surface area contributed by atoms with Crippen LogP contribution in [0.3, 0.4) is 0 Å². The summed E-state index contributed by atoms with van der Waals surface area (Å²) in [5, 5.41) is 3.82. The Bertz CT molecular complexity index is 367. The lowest BCUT2D eigenvalue weighted by molar-refractivity contribution is -0.133. The van der Waals surface area contributed by atoms with Gasteiger partial charge in [-0.3, -0.25) is 10.1 Å². The molecule has 0 radical (unpaired) electrons. The smallest absolute Gasteiger partial charge is 0.244 e. The number of carbonyl (C=O) groups is 1. The van der Waals surface area contributed by atoms with Gasteiger partial charge in [0.05, 0.1) is 11.7 Å². The molecule has 3 rings (SSSR count). The molecule has 0 aromatic rings. The van der Waals surface area contributed by atoms with E-state index in [1.807, 2.05) is 0 Å². The number of hydrogen-bond donors (Lipinski definition) is 1. The fourth-order valence-corrected chi connectivity index (χ4v) is 4.72. The van der Waals surface area contributed by atoms with E-state index in [0.717, 1.165) is 31.7 Å². The molecule has 3 heteroatoms. The van der Waals surface area contributed by atoms with E-state index >= 15 is 0 Å². The van der Waals surface area contributed by atoms with Gasteiger partial charge in [0.2, 0.25) is 5.91 Å². The summed E-state index contributed by atoms with van der Waals surface area (Å²) in [6.45, 7) is 5.51. The van der Waals surface area contributed by atoms with Crippen LogP contribution in [0.2, 0.25) is 0 Å². The molecule has 1 heterocycles. The number of hydrogen-bond acceptors (Lipinski definition) is 2. The van der Waals surface area contributed by atoms with Crippen molar-refractivity contribution in [1.82, 2.24) is 10.2 Å². The van der Waals surface area contributed by atoms with Crippen molar-refractivity contribution in [2.24, 2.45) is 11.8 Å². The second kappa shape index (κ2) is 6.28. The van der Waals surface area contributed by atoms with Gasteiger partial charge in [0.15, 0.2) is 0 Å². The molecule has 1 aliphatic heterocycles. The lowest BCUT2D eigenvalue weighted by Gasteiger charge is -2.29.